The molecule has 3 rings (SSSR count). The Hall–Kier alpha value is -2.49. The molecular weight excluding hydrogens is 380 g/mol. The molecule has 2 aromatic carbocycles. The number of hydrogen-bond donors (Lipinski definition) is 0. The molecule has 28 heavy (non-hydrogen) atoms. The van der Waals surface area contributed by atoms with Gasteiger partial charge in [0.05, 0.1) is 9.82 Å². The summed E-state index contributed by atoms with van der Waals surface area (Å²) >= 11 is 0. The normalized spacial score (nSPS) is 16.1. The molecule has 1 fully saturated rings. The molecule has 1 aliphatic rings. The summed E-state index contributed by atoms with van der Waals surface area (Å²) in [5.74, 6) is 0. The second-order valence-electron chi connectivity index (χ2n) is 6.96. The second-order valence-corrected chi connectivity index (χ2v) is 8.90. The summed E-state index contributed by atoms with van der Waals surface area (Å²) in [6.45, 7) is 2.68. The van der Waals surface area contributed by atoms with Crippen LogP contribution in [0.25, 0.3) is 0 Å². The van der Waals surface area contributed by atoms with Crippen LogP contribution in [0.2, 0.25) is 0 Å². The summed E-state index contributed by atoms with van der Waals surface area (Å²) < 4.78 is 27.1. The minimum absolute atomic E-state index is 0.0342. The highest BCUT2D eigenvalue weighted by Crippen LogP contribution is 2.24. The predicted molar refractivity (Wildman–Crippen MR) is 108 cm³/mol. The van der Waals surface area contributed by atoms with Crippen molar-refractivity contribution in [3.05, 3.63) is 64.2 Å². The van der Waals surface area contributed by atoms with Gasteiger partial charge in [-0.15, -0.1) is 0 Å². The number of nitro benzene ring substituents is 1. The molecule has 0 saturated carbocycles. The van der Waals surface area contributed by atoms with Gasteiger partial charge in [0.15, 0.2) is 0 Å². The van der Waals surface area contributed by atoms with Crippen molar-refractivity contribution in [2.24, 2.45) is 0 Å². The first-order valence-corrected chi connectivity index (χ1v) is 10.5. The molecule has 1 aliphatic heterocycles. The van der Waals surface area contributed by atoms with Crippen molar-refractivity contribution >= 4 is 21.4 Å². The third-order valence-corrected chi connectivity index (χ3v) is 6.76. The number of rotatable bonds is 6. The molecule has 0 amide bonds. The lowest BCUT2D eigenvalue weighted by atomic mass is 10.1. The predicted octanol–water partition coefficient (Wildman–Crippen LogP) is 2.17. The zero-order valence-corrected chi connectivity index (χ0v) is 16.8. The van der Waals surface area contributed by atoms with Crippen LogP contribution in [-0.2, 0) is 16.6 Å². The zero-order valence-electron chi connectivity index (χ0n) is 16.0. The van der Waals surface area contributed by atoms with Gasteiger partial charge in [-0.2, -0.15) is 4.31 Å². The molecule has 0 spiro atoms. The summed E-state index contributed by atoms with van der Waals surface area (Å²) in [6.07, 6.45) is 0. The highest BCUT2D eigenvalue weighted by Gasteiger charge is 2.29. The number of piperazine rings is 1. The Labute approximate surface area is 165 Å². The summed E-state index contributed by atoms with van der Waals surface area (Å²) in [6, 6.07) is 13.4. The van der Waals surface area contributed by atoms with Gasteiger partial charge in [0.2, 0.25) is 10.0 Å². The molecule has 0 atom stereocenters. The van der Waals surface area contributed by atoms with Crippen LogP contribution >= 0.6 is 0 Å². The molecular formula is C19H24N4O4S. The van der Waals surface area contributed by atoms with Crippen LogP contribution in [0.5, 0.6) is 0 Å². The first-order chi connectivity index (χ1) is 13.3. The van der Waals surface area contributed by atoms with E-state index in [-0.39, 0.29) is 10.6 Å². The third kappa shape index (κ3) is 4.32. The maximum absolute atomic E-state index is 12.8. The van der Waals surface area contributed by atoms with E-state index in [9.17, 15) is 18.5 Å². The van der Waals surface area contributed by atoms with E-state index in [1.165, 1.54) is 28.1 Å². The number of sulfonamides is 1. The molecule has 0 aliphatic carbocycles. The van der Waals surface area contributed by atoms with Crippen LogP contribution in [0.15, 0.2) is 53.4 Å². The highest BCUT2D eigenvalue weighted by molar-refractivity contribution is 7.89. The minimum Gasteiger partial charge on any atom is -0.377 e. The number of nitro groups is 1. The van der Waals surface area contributed by atoms with Crippen molar-refractivity contribution in [2.75, 3.05) is 45.2 Å². The lowest BCUT2D eigenvalue weighted by Gasteiger charge is -2.34. The second kappa shape index (κ2) is 8.26. The Morgan fingerprint density at radius 2 is 1.71 bits per heavy atom. The topological polar surface area (TPSA) is 87.0 Å². The van der Waals surface area contributed by atoms with Crippen molar-refractivity contribution in [1.82, 2.24) is 9.21 Å². The Morgan fingerprint density at radius 1 is 1.04 bits per heavy atom. The van der Waals surface area contributed by atoms with E-state index in [0.29, 0.717) is 26.2 Å². The largest absolute Gasteiger partial charge is 0.377 e. The first-order valence-electron chi connectivity index (χ1n) is 9.01. The van der Waals surface area contributed by atoms with E-state index in [1.54, 1.807) is 0 Å². The summed E-state index contributed by atoms with van der Waals surface area (Å²) in [5.41, 5.74) is 2.12. The molecule has 2 aromatic rings. The molecule has 1 saturated heterocycles. The van der Waals surface area contributed by atoms with Gasteiger partial charge in [0.1, 0.15) is 0 Å². The number of benzene rings is 2. The number of nitrogens with zero attached hydrogens (tertiary/aromatic N) is 4. The van der Waals surface area contributed by atoms with Gasteiger partial charge in [-0.1, -0.05) is 24.3 Å². The lowest BCUT2D eigenvalue weighted by molar-refractivity contribution is -0.385. The lowest BCUT2D eigenvalue weighted by Crippen LogP contribution is -2.48. The van der Waals surface area contributed by atoms with Crippen LogP contribution in [-0.4, -0.2) is 62.8 Å². The number of hydrogen-bond acceptors (Lipinski definition) is 6. The third-order valence-electron chi connectivity index (χ3n) is 4.86. The van der Waals surface area contributed by atoms with Crippen LogP contribution in [0, 0.1) is 10.1 Å². The maximum Gasteiger partial charge on any atom is 0.270 e. The van der Waals surface area contributed by atoms with Gasteiger partial charge in [-0.25, -0.2) is 8.42 Å². The zero-order chi connectivity index (χ0) is 20.3. The summed E-state index contributed by atoms with van der Waals surface area (Å²) in [5, 5.41) is 10.9. The number of anilines is 1. The minimum atomic E-state index is -3.74. The van der Waals surface area contributed by atoms with Crippen molar-refractivity contribution in [2.45, 2.75) is 11.4 Å². The SMILES string of the molecule is CN(C)c1ccccc1CN1CCN(S(=O)(=O)c2cccc([N+](=O)[O-])c2)CC1. The molecule has 0 bridgehead atoms. The maximum atomic E-state index is 12.8. The van der Waals surface area contributed by atoms with E-state index in [2.05, 4.69) is 21.9 Å². The van der Waals surface area contributed by atoms with E-state index in [0.717, 1.165) is 18.3 Å². The Bertz CT molecular complexity index is 954. The van der Waals surface area contributed by atoms with E-state index < -0.39 is 14.9 Å². The molecule has 0 radical (unpaired) electrons. The monoisotopic (exact) mass is 404 g/mol. The number of para-hydroxylation sites is 1. The van der Waals surface area contributed by atoms with Gasteiger partial charge >= 0.3 is 0 Å². The Kier molecular flexibility index (Phi) is 5.97. The summed E-state index contributed by atoms with van der Waals surface area (Å²) in [7, 11) is 0.263. The Balaban J connectivity index is 1.68. The molecule has 0 unspecified atom stereocenters. The first kappa shape index (κ1) is 20.2. The standard InChI is InChI=1S/C19H24N4O4S/c1-20(2)19-9-4-3-6-16(19)15-21-10-12-22(13-11-21)28(26,27)18-8-5-7-17(14-18)23(24)25/h3-9,14H,10-13,15H2,1-2H3. The molecule has 0 N–H and O–H groups in total. The molecule has 150 valence electrons. The van der Waals surface area contributed by atoms with Crippen LogP contribution < -0.4 is 4.90 Å². The van der Waals surface area contributed by atoms with Gasteiger partial charge < -0.3 is 4.90 Å². The van der Waals surface area contributed by atoms with Gasteiger partial charge in [-0.3, -0.25) is 15.0 Å². The molecule has 1 heterocycles. The molecule has 0 aromatic heterocycles. The average Bonchev–Trinajstić information content (AvgIpc) is 2.69. The highest BCUT2D eigenvalue weighted by atomic mass is 32.2. The van der Waals surface area contributed by atoms with Gasteiger partial charge in [0.25, 0.3) is 5.69 Å². The van der Waals surface area contributed by atoms with Gasteiger partial charge in [-0.05, 0) is 17.7 Å². The quantitative estimate of drug-likeness (QED) is 0.542. The summed E-state index contributed by atoms with van der Waals surface area (Å²) in [4.78, 5) is 14.6. The fourth-order valence-electron chi connectivity index (χ4n) is 3.36. The van der Waals surface area contributed by atoms with Crippen molar-refractivity contribution in [3.63, 3.8) is 0 Å². The van der Waals surface area contributed by atoms with Crippen LogP contribution in [0.4, 0.5) is 11.4 Å². The van der Waals surface area contributed by atoms with E-state index in [1.807, 2.05) is 26.2 Å². The smallest absolute Gasteiger partial charge is 0.270 e. The van der Waals surface area contributed by atoms with Gasteiger partial charge in [0, 0.05) is 64.6 Å². The van der Waals surface area contributed by atoms with E-state index in [4.69, 9.17) is 0 Å². The van der Waals surface area contributed by atoms with Crippen LogP contribution in [0.3, 0.4) is 0 Å². The molecule has 8 nitrogen and oxygen atoms in total. The Morgan fingerprint density at radius 3 is 2.36 bits per heavy atom. The van der Waals surface area contributed by atoms with Crippen molar-refractivity contribution in [3.8, 4) is 0 Å². The number of non-ortho nitro benzene ring substituents is 1. The van der Waals surface area contributed by atoms with Crippen molar-refractivity contribution < 1.29 is 13.3 Å². The fourth-order valence-corrected chi connectivity index (χ4v) is 4.82. The van der Waals surface area contributed by atoms with E-state index >= 15 is 0 Å². The average molecular weight is 404 g/mol. The van der Waals surface area contributed by atoms with Crippen molar-refractivity contribution in [1.29, 1.82) is 0 Å². The van der Waals surface area contributed by atoms with Crippen LogP contribution in [0.1, 0.15) is 5.56 Å². The fraction of sp³-hybridized carbons (Fsp3) is 0.368. The molecule has 9 heteroatoms.